The van der Waals surface area contributed by atoms with Crippen molar-refractivity contribution in [2.75, 3.05) is 6.54 Å². The molecule has 2 rings (SSSR count). The lowest BCUT2D eigenvalue weighted by atomic mass is 9.87. The second-order valence-electron chi connectivity index (χ2n) is 5.64. The summed E-state index contributed by atoms with van der Waals surface area (Å²) in [6, 6.07) is 10.7. The fourth-order valence-corrected chi connectivity index (χ4v) is 2.88. The number of aliphatic carboxylic acids is 1. The number of halogens is 2. The van der Waals surface area contributed by atoms with Gasteiger partial charge in [0.2, 0.25) is 0 Å². The average Bonchev–Trinajstić information content (AvgIpc) is 2.59. The van der Waals surface area contributed by atoms with Gasteiger partial charge in [0.25, 0.3) is 0 Å². The van der Waals surface area contributed by atoms with E-state index < -0.39 is 24.0 Å². The quantitative estimate of drug-likeness (QED) is 0.567. The molecule has 0 aliphatic heterocycles. The maximum absolute atomic E-state index is 11.1. The van der Waals surface area contributed by atoms with Crippen LogP contribution in [0.3, 0.4) is 0 Å². The molecule has 0 bridgehead atoms. The zero-order valence-electron chi connectivity index (χ0n) is 13.6. The third-order valence-electron chi connectivity index (χ3n) is 3.94. The van der Waals surface area contributed by atoms with Crippen LogP contribution in [-0.2, 0) is 4.79 Å². The van der Waals surface area contributed by atoms with Crippen molar-refractivity contribution < 1.29 is 24.9 Å². The summed E-state index contributed by atoms with van der Waals surface area (Å²) in [5, 5.41) is 29.3. The van der Waals surface area contributed by atoms with Crippen molar-refractivity contribution in [3.8, 4) is 0 Å². The SMILES string of the molecule is Cl.NC[C@H](CC(=O)O)c1cc(Cl)ccc1C(O)c1cccc(C(=O)O)c1. The highest BCUT2D eigenvalue weighted by molar-refractivity contribution is 6.30. The molecule has 0 aromatic heterocycles. The molecule has 0 aliphatic carbocycles. The Morgan fingerprint density at radius 1 is 1.08 bits per heavy atom. The topological polar surface area (TPSA) is 121 Å². The van der Waals surface area contributed by atoms with E-state index in [0.717, 1.165) is 0 Å². The van der Waals surface area contributed by atoms with E-state index in [1.165, 1.54) is 18.2 Å². The monoisotopic (exact) mass is 399 g/mol. The van der Waals surface area contributed by atoms with Crippen LogP contribution >= 0.6 is 24.0 Å². The number of carboxylic acids is 2. The fourth-order valence-electron chi connectivity index (χ4n) is 2.70. The first-order valence-corrected chi connectivity index (χ1v) is 7.93. The van der Waals surface area contributed by atoms with Crippen LogP contribution in [0.25, 0.3) is 0 Å². The Bertz CT molecular complexity index is 797. The zero-order chi connectivity index (χ0) is 18.6. The normalized spacial score (nSPS) is 12.7. The van der Waals surface area contributed by atoms with Gasteiger partial charge in [0.15, 0.2) is 0 Å². The first kappa shape index (κ1) is 21.9. The highest BCUT2D eigenvalue weighted by Crippen LogP contribution is 2.33. The van der Waals surface area contributed by atoms with Gasteiger partial charge >= 0.3 is 11.9 Å². The third kappa shape index (κ3) is 5.19. The van der Waals surface area contributed by atoms with Gasteiger partial charge in [-0.3, -0.25) is 4.79 Å². The molecule has 6 nitrogen and oxygen atoms in total. The summed E-state index contributed by atoms with van der Waals surface area (Å²) in [5.41, 5.74) is 7.12. The van der Waals surface area contributed by atoms with Gasteiger partial charge in [-0.15, -0.1) is 12.4 Å². The van der Waals surface area contributed by atoms with Crippen LogP contribution < -0.4 is 5.73 Å². The highest BCUT2D eigenvalue weighted by atomic mass is 35.5. The van der Waals surface area contributed by atoms with Crippen LogP contribution in [0.4, 0.5) is 0 Å². The second kappa shape index (κ2) is 9.54. The molecular weight excluding hydrogens is 381 g/mol. The van der Waals surface area contributed by atoms with Gasteiger partial charge in [-0.05, 0) is 47.5 Å². The van der Waals surface area contributed by atoms with Gasteiger partial charge in [0, 0.05) is 10.9 Å². The van der Waals surface area contributed by atoms with E-state index in [9.17, 15) is 14.7 Å². The van der Waals surface area contributed by atoms with E-state index in [-0.39, 0.29) is 30.9 Å². The van der Waals surface area contributed by atoms with Gasteiger partial charge in [0.1, 0.15) is 6.10 Å². The van der Waals surface area contributed by atoms with E-state index in [1.54, 1.807) is 24.3 Å². The van der Waals surface area contributed by atoms with E-state index in [4.69, 9.17) is 27.5 Å². The summed E-state index contributed by atoms with van der Waals surface area (Å²) in [5.74, 6) is -2.64. The van der Waals surface area contributed by atoms with Crippen LogP contribution in [0.5, 0.6) is 0 Å². The lowest BCUT2D eigenvalue weighted by Crippen LogP contribution is -2.19. The minimum atomic E-state index is -1.13. The molecule has 26 heavy (non-hydrogen) atoms. The van der Waals surface area contributed by atoms with E-state index >= 15 is 0 Å². The molecule has 0 saturated carbocycles. The van der Waals surface area contributed by atoms with Crippen molar-refractivity contribution in [3.05, 3.63) is 69.7 Å². The van der Waals surface area contributed by atoms with Crippen molar-refractivity contribution in [1.29, 1.82) is 0 Å². The molecule has 0 saturated heterocycles. The number of carboxylic acid groups (broad SMARTS) is 2. The highest BCUT2D eigenvalue weighted by Gasteiger charge is 2.23. The predicted octanol–water partition coefficient (Wildman–Crippen LogP) is 3.06. The molecule has 0 fully saturated rings. The maximum Gasteiger partial charge on any atom is 0.335 e. The van der Waals surface area contributed by atoms with Crippen LogP contribution in [0.1, 0.15) is 45.5 Å². The minimum absolute atomic E-state index is 0. The van der Waals surface area contributed by atoms with Crippen molar-refractivity contribution in [3.63, 3.8) is 0 Å². The first-order chi connectivity index (χ1) is 11.8. The van der Waals surface area contributed by atoms with Crippen LogP contribution in [0, 0.1) is 0 Å². The molecule has 0 aliphatic rings. The van der Waals surface area contributed by atoms with Crippen LogP contribution in [0.15, 0.2) is 42.5 Å². The number of nitrogens with two attached hydrogens (primary N) is 1. The Balaban J connectivity index is 0.00000338. The largest absolute Gasteiger partial charge is 0.481 e. The predicted molar refractivity (Wildman–Crippen MR) is 100 cm³/mol. The molecule has 2 aromatic carbocycles. The number of benzene rings is 2. The molecule has 5 N–H and O–H groups in total. The molecule has 0 amide bonds. The molecule has 1 unspecified atom stereocenters. The summed E-state index contributed by atoms with van der Waals surface area (Å²) in [4.78, 5) is 22.2. The summed E-state index contributed by atoms with van der Waals surface area (Å²) >= 11 is 6.02. The second-order valence-corrected chi connectivity index (χ2v) is 6.07. The Kier molecular flexibility index (Phi) is 8.05. The molecule has 0 spiro atoms. The number of carbonyl (C=O) groups is 2. The van der Waals surface area contributed by atoms with Crippen molar-refractivity contribution in [2.24, 2.45) is 5.73 Å². The van der Waals surface area contributed by atoms with Gasteiger partial charge in [-0.25, -0.2) is 4.79 Å². The Morgan fingerprint density at radius 2 is 1.77 bits per heavy atom. The van der Waals surface area contributed by atoms with Crippen molar-refractivity contribution in [1.82, 2.24) is 0 Å². The van der Waals surface area contributed by atoms with E-state index in [1.807, 2.05) is 0 Å². The summed E-state index contributed by atoms with van der Waals surface area (Å²) in [7, 11) is 0. The first-order valence-electron chi connectivity index (χ1n) is 7.56. The van der Waals surface area contributed by atoms with E-state index in [2.05, 4.69) is 0 Å². The lowest BCUT2D eigenvalue weighted by molar-refractivity contribution is -0.137. The number of aliphatic hydroxyl groups excluding tert-OH is 1. The number of aliphatic hydroxyl groups is 1. The Labute approximate surface area is 161 Å². The van der Waals surface area contributed by atoms with Crippen LogP contribution in [-0.4, -0.2) is 33.8 Å². The van der Waals surface area contributed by atoms with Gasteiger partial charge in [0.05, 0.1) is 12.0 Å². The molecule has 0 radical (unpaired) electrons. The van der Waals surface area contributed by atoms with E-state index in [0.29, 0.717) is 21.7 Å². The smallest absolute Gasteiger partial charge is 0.335 e. The zero-order valence-corrected chi connectivity index (χ0v) is 15.2. The maximum atomic E-state index is 11.1. The lowest BCUT2D eigenvalue weighted by Gasteiger charge is -2.21. The summed E-state index contributed by atoms with van der Waals surface area (Å²) in [6.45, 7) is 0.0710. The average molecular weight is 400 g/mol. The fraction of sp³-hybridized carbons (Fsp3) is 0.222. The van der Waals surface area contributed by atoms with Crippen molar-refractivity contribution >= 4 is 35.9 Å². The van der Waals surface area contributed by atoms with Gasteiger partial charge in [-0.2, -0.15) is 0 Å². The van der Waals surface area contributed by atoms with Crippen LogP contribution in [0.2, 0.25) is 5.02 Å². The van der Waals surface area contributed by atoms with Gasteiger partial charge in [-0.1, -0.05) is 29.8 Å². The molecule has 0 heterocycles. The molecule has 2 aromatic rings. The molecular formula is C18H19Cl2NO5. The Hall–Kier alpha value is -2.12. The standard InChI is InChI=1S/C18H18ClNO5.ClH/c19-13-4-5-14(15(8-13)12(9-20)7-16(21)22)17(23)10-2-1-3-11(6-10)18(24)25;/h1-6,8,12,17,23H,7,9,20H2,(H,21,22)(H,24,25);1H/t12-,17?;/m0./s1. The van der Waals surface area contributed by atoms with Gasteiger partial charge < -0.3 is 21.1 Å². The summed E-state index contributed by atoms with van der Waals surface area (Å²) < 4.78 is 0. The molecule has 140 valence electrons. The summed E-state index contributed by atoms with van der Waals surface area (Å²) in [6.07, 6.45) is -1.33. The van der Waals surface area contributed by atoms with Crippen molar-refractivity contribution in [2.45, 2.75) is 18.4 Å². The number of hydrogen-bond acceptors (Lipinski definition) is 4. The molecule has 2 atom stereocenters. The number of rotatable bonds is 7. The minimum Gasteiger partial charge on any atom is -0.481 e. The third-order valence-corrected chi connectivity index (χ3v) is 4.17. The molecule has 8 heteroatoms. The number of hydrogen-bond donors (Lipinski definition) is 4. The number of aromatic carboxylic acids is 1. The Morgan fingerprint density at radius 3 is 2.35 bits per heavy atom.